The molecule has 2 N–H and O–H groups in total. The van der Waals surface area contributed by atoms with Crippen molar-refractivity contribution in [2.24, 2.45) is 0 Å². The Labute approximate surface area is 130 Å². The predicted octanol–water partition coefficient (Wildman–Crippen LogP) is 3.09. The molecule has 22 heavy (non-hydrogen) atoms. The van der Waals surface area contributed by atoms with E-state index in [2.05, 4.69) is 5.32 Å². The highest BCUT2D eigenvalue weighted by Gasteiger charge is 2.47. The lowest BCUT2D eigenvalue weighted by Gasteiger charge is -2.24. The summed E-state index contributed by atoms with van der Waals surface area (Å²) in [7, 11) is 0. The molecule has 1 fully saturated rings. The zero-order valence-corrected chi connectivity index (χ0v) is 13.3. The van der Waals surface area contributed by atoms with Crippen LogP contribution in [-0.2, 0) is 14.9 Å². The summed E-state index contributed by atoms with van der Waals surface area (Å²) in [6.07, 6.45) is 1.57. The zero-order chi connectivity index (χ0) is 16.4. The lowest BCUT2D eigenvalue weighted by atomic mass is 9.89. The molecule has 0 unspecified atom stereocenters. The van der Waals surface area contributed by atoms with Gasteiger partial charge in [-0.2, -0.15) is 0 Å². The summed E-state index contributed by atoms with van der Waals surface area (Å²) in [5.41, 5.74) is 0.343. The number of carboxylic acids is 1. The second-order valence-corrected chi connectivity index (χ2v) is 6.89. The number of carbonyl (C=O) groups is 2. The van der Waals surface area contributed by atoms with Crippen LogP contribution in [0.25, 0.3) is 0 Å². The van der Waals surface area contributed by atoms with Crippen LogP contribution in [0.15, 0.2) is 30.3 Å². The number of carboxylic acid groups (broad SMARTS) is 1. The van der Waals surface area contributed by atoms with E-state index in [4.69, 9.17) is 4.74 Å². The van der Waals surface area contributed by atoms with Crippen molar-refractivity contribution in [1.82, 2.24) is 5.32 Å². The fraction of sp³-hybridized carbons (Fsp3) is 0.529. The monoisotopic (exact) mass is 305 g/mol. The van der Waals surface area contributed by atoms with E-state index >= 15 is 0 Å². The first-order valence-corrected chi connectivity index (χ1v) is 7.50. The summed E-state index contributed by atoms with van der Waals surface area (Å²) in [5.74, 6) is -1.03. The molecule has 5 heteroatoms. The van der Waals surface area contributed by atoms with Gasteiger partial charge < -0.3 is 15.2 Å². The third-order valence-electron chi connectivity index (χ3n) is 3.82. The van der Waals surface area contributed by atoms with Crippen LogP contribution in [0.5, 0.6) is 0 Å². The van der Waals surface area contributed by atoms with Gasteiger partial charge in [-0.05, 0) is 51.0 Å². The molecule has 1 saturated carbocycles. The number of benzene rings is 1. The van der Waals surface area contributed by atoms with Crippen LogP contribution in [0.4, 0.5) is 4.79 Å². The first-order valence-electron chi connectivity index (χ1n) is 7.50. The van der Waals surface area contributed by atoms with E-state index < -0.39 is 23.7 Å². The molecule has 1 atom stereocenters. The first-order chi connectivity index (χ1) is 10.2. The number of nitrogens with one attached hydrogen (secondary N) is 1. The molecular weight excluding hydrogens is 282 g/mol. The fourth-order valence-corrected chi connectivity index (χ4v) is 2.59. The zero-order valence-electron chi connectivity index (χ0n) is 13.3. The maximum Gasteiger partial charge on any atom is 0.408 e. The summed E-state index contributed by atoms with van der Waals surface area (Å²) in [5, 5.41) is 11.9. The van der Waals surface area contributed by atoms with E-state index in [1.54, 1.807) is 20.8 Å². The van der Waals surface area contributed by atoms with Crippen molar-refractivity contribution in [2.75, 3.05) is 0 Å². The van der Waals surface area contributed by atoms with Gasteiger partial charge in [0.2, 0.25) is 0 Å². The van der Waals surface area contributed by atoms with Gasteiger partial charge in [0.05, 0.1) is 0 Å². The standard InChI is InChI=1S/C17H23NO4/c1-16(2,3)22-15(21)18-13(14(19)20)11-17(9-10-17)12-7-5-4-6-8-12/h4-8,13H,9-11H2,1-3H3,(H,18,21)(H,19,20)/t13-/m0/s1. The Morgan fingerprint density at radius 2 is 1.86 bits per heavy atom. The van der Waals surface area contributed by atoms with E-state index in [1.807, 2.05) is 30.3 Å². The molecule has 0 heterocycles. The number of amides is 1. The van der Waals surface area contributed by atoms with Crippen LogP contribution in [0.1, 0.15) is 45.6 Å². The lowest BCUT2D eigenvalue weighted by molar-refractivity contribution is -0.139. The van der Waals surface area contributed by atoms with Gasteiger partial charge in [0.25, 0.3) is 0 Å². The van der Waals surface area contributed by atoms with Crippen LogP contribution in [-0.4, -0.2) is 28.8 Å². The first kappa shape index (κ1) is 16.3. The number of rotatable bonds is 5. The van der Waals surface area contributed by atoms with Gasteiger partial charge in [-0.25, -0.2) is 9.59 Å². The largest absolute Gasteiger partial charge is 0.480 e. The quantitative estimate of drug-likeness (QED) is 0.876. The Hall–Kier alpha value is -2.04. The molecule has 1 aromatic rings. The summed E-state index contributed by atoms with van der Waals surface area (Å²) in [4.78, 5) is 23.3. The van der Waals surface area contributed by atoms with Gasteiger partial charge in [-0.15, -0.1) is 0 Å². The van der Waals surface area contributed by atoms with Crippen LogP contribution in [0.2, 0.25) is 0 Å². The Morgan fingerprint density at radius 1 is 1.27 bits per heavy atom. The van der Waals surface area contributed by atoms with E-state index in [0.717, 1.165) is 18.4 Å². The summed E-state index contributed by atoms with van der Waals surface area (Å²) >= 11 is 0. The summed E-state index contributed by atoms with van der Waals surface area (Å²) in [6, 6.07) is 8.92. The number of carbonyl (C=O) groups excluding carboxylic acids is 1. The van der Waals surface area contributed by atoms with Crippen molar-refractivity contribution in [2.45, 2.75) is 57.1 Å². The van der Waals surface area contributed by atoms with Gasteiger partial charge in [0.15, 0.2) is 0 Å². The molecule has 120 valence electrons. The van der Waals surface area contributed by atoms with Crippen molar-refractivity contribution in [3.63, 3.8) is 0 Å². The van der Waals surface area contributed by atoms with E-state index in [9.17, 15) is 14.7 Å². The molecule has 1 amide bonds. The number of hydrogen-bond acceptors (Lipinski definition) is 3. The van der Waals surface area contributed by atoms with Gasteiger partial charge in [-0.1, -0.05) is 30.3 Å². The smallest absolute Gasteiger partial charge is 0.408 e. The van der Waals surface area contributed by atoms with Crippen molar-refractivity contribution in [1.29, 1.82) is 0 Å². The Kier molecular flexibility index (Phi) is 4.44. The van der Waals surface area contributed by atoms with Crippen LogP contribution in [0, 0.1) is 0 Å². The second kappa shape index (κ2) is 5.99. The van der Waals surface area contributed by atoms with E-state index in [0.29, 0.717) is 6.42 Å². The highest BCUT2D eigenvalue weighted by atomic mass is 16.6. The number of ether oxygens (including phenoxy) is 1. The minimum absolute atomic E-state index is 0.140. The van der Waals surface area contributed by atoms with Crippen LogP contribution in [0.3, 0.4) is 0 Å². The Balaban J connectivity index is 2.04. The van der Waals surface area contributed by atoms with Gasteiger partial charge >= 0.3 is 12.1 Å². The van der Waals surface area contributed by atoms with Crippen LogP contribution < -0.4 is 5.32 Å². The summed E-state index contributed by atoms with van der Waals surface area (Å²) in [6.45, 7) is 5.23. The third-order valence-corrected chi connectivity index (χ3v) is 3.82. The number of hydrogen-bond donors (Lipinski definition) is 2. The molecule has 0 radical (unpaired) electrons. The molecular formula is C17H23NO4. The molecule has 0 spiro atoms. The molecule has 2 rings (SSSR count). The van der Waals surface area contributed by atoms with Gasteiger partial charge in [0.1, 0.15) is 11.6 Å². The fourth-order valence-electron chi connectivity index (χ4n) is 2.59. The molecule has 1 aromatic carbocycles. The molecule has 0 saturated heterocycles. The minimum atomic E-state index is -1.03. The predicted molar refractivity (Wildman–Crippen MR) is 82.8 cm³/mol. The Morgan fingerprint density at radius 3 is 2.32 bits per heavy atom. The topological polar surface area (TPSA) is 75.6 Å². The highest BCUT2D eigenvalue weighted by Crippen LogP contribution is 2.51. The second-order valence-electron chi connectivity index (χ2n) is 6.89. The van der Waals surface area contributed by atoms with Gasteiger partial charge in [0, 0.05) is 0 Å². The minimum Gasteiger partial charge on any atom is -0.480 e. The molecule has 0 aromatic heterocycles. The SMILES string of the molecule is CC(C)(C)OC(=O)N[C@@H](CC1(c2ccccc2)CC1)C(=O)O. The maximum absolute atomic E-state index is 11.8. The van der Waals surface area contributed by atoms with Crippen molar-refractivity contribution in [3.8, 4) is 0 Å². The van der Waals surface area contributed by atoms with Gasteiger partial charge in [-0.3, -0.25) is 0 Å². The average Bonchev–Trinajstić information content (AvgIpc) is 3.18. The normalized spacial score (nSPS) is 17.4. The van der Waals surface area contributed by atoms with Crippen molar-refractivity contribution in [3.05, 3.63) is 35.9 Å². The number of alkyl carbamates (subject to hydrolysis) is 1. The average molecular weight is 305 g/mol. The molecule has 0 bridgehead atoms. The van der Waals surface area contributed by atoms with E-state index in [1.165, 1.54) is 0 Å². The van der Waals surface area contributed by atoms with Crippen LogP contribution >= 0.6 is 0 Å². The third kappa shape index (κ3) is 4.23. The maximum atomic E-state index is 11.8. The lowest BCUT2D eigenvalue weighted by Crippen LogP contribution is -2.45. The number of aliphatic carboxylic acids is 1. The highest BCUT2D eigenvalue weighted by molar-refractivity contribution is 5.80. The van der Waals surface area contributed by atoms with Crippen molar-refractivity contribution < 1.29 is 19.4 Å². The van der Waals surface area contributed by atoms with E-state index in [-0.39, 0.29) is 5.41 Å². The molecule has 5 nitrogen and oxygen atoms in total. The molecule has 1 aliphatic rings. The molecule has 1 aliphatic carbocycles. The molecule has 0 aliphatic heterocycles. The van der Waals surface area contributed by atoms with Crippen molar-refractivity contribution >= 4 is 12.1 Å². The Bertz CT molecular complexity index is 544. The summed E-state index contributed by atoms with van der Waals surface area (Å²) < 4.78 is 5.15.